The third-order valence-electron chi connectivity index (χ3n) is 2.92. The van der Waals surface area contributed by atoms with Gasteiger partial charge >= 0.3 is 0 Å². The van der Waals surface area contributed by atoms with E-state index in [9.17, 15) is 8.42 Å². The topological polar surface area (TPSA) is 63.4 Å². The smallest absolute Gasteiger partial charge is 0.245 e. The van der Waals surface area contributed by atoms with Gasteiger partial charge < -0.3 is 5.73 Å². The minimum Gasteiger partial charge on any atom is -0.398 e. The Morgan fingerprint density at radius 3 is 2.62 bits per heavy atom. The Labute approximate surface area is 96.1 Å². The number of hydrogen-bond donors (Lipinski definition) is 1. The molecule has 1 aliphatic rings. The Hall–Kier alpha value is -1.07. The molecule has 0 bridgehead atoms. The summed E-state index contributed by atoms with van der Waals surface area (Å²) in [4.78, 5) is 0.226. The first kappa shape index (κ1) is 11.4. The molecule has 1 heterocycles. The molecule has 1 atom stereocenters. The van der Waals surface area contributed by atoms with Crippen molar-refractivity contribution < 1.29 is 8.42 Å². The molecule has 4 nitrogen and oxygen atoms in total. The van der Waals surface area contributed by atoms with E-state index in [1.54, 1.807) is 24.3 Å². The van der Waals surface area contributed by atoms with E-state index >= 15 is 0 Å². The molecule has 0 saturated carbocycles. The van der Waals surface area contributed by atoms with Crippen LogP contribution in [0.5, 0.6) is 0 Å². The van der Waals surface area contributed by atoms with Crippen LogP contribution in [0.2, 0.25) is 0 Å². The Morgan fingerprint density at radius 2 is 2.06 bits per heavy atom. The molecule has 5 heteroatoms. The normalized spacial score (nSPS) is 22.4. The van der Waals surface area contributed by atoms with Gasteiger partial charge in [-0.15, -0.1) is 0 Å². The summed E-state index contributed by atoms with van der Waals surface area (Å²) in [7, 11) is -3.39. The van der Waals surface area contributed by atoms with Gasteiger partial charge in [0.05, 0.1) is 5.69 Å². The van der Waals surface area contributed by atoms with Crippen LogP contribution in [0, 0.1) is 5.92 Å². The van der Waals surface area contributed by atoms with Crippen molar-refractivity contribution in [3.8, 4) is 0 Å². The van der Waals surface area contributed by atoms with Crippen molar-refractivity contribution in [1.82, 2.24) is 4.31 Å². The molecule has 2 N–H and O–H groups in total. The molecule has 1 fully saturated rings. The zero-order valence-electron chi connectivity index (χ0n) is 9.26. The Morgan fingerprint density at radius 1 is 1.38 bits per heavy atom. The molecular weight excluding hydrogens is 224 g/mol. The zero-order chi connectivity index (χ0) is 11.8. The van der Waals surface area contributed by atoms with Crippen LogP contribution in [-0.2, 0) is 10.0 Å². The first-order valence-electron chi connectivity index (χ1n) is 5.36. The second-order valence-electron chi connectivity index (χ2n) is 4.29. The molecule has 0 spiro atoms. The first-order valence-corrected chi connectivity index (χ1v) is 6.80. The standard InChI is InChI=1S/C11H16N2O2S/c1-9-6-7-13(8-9)16(14,15)11-5-3-2-4-10(11)12/h2-5,9H,6-8,12H2,1H3/t9-/m0/s1. The van der Waals surface area contributed by atoms with E-state index in [1.807, 2.05) is 0 Å². The number of anilines is 1. The van der Waals surface area contributed by atoms with Crippen molar-refractivity contribution in [3.05, 3.63) is 24.3 Å². The summed E-state index contributed by atoms with van der Waals surface area (Å²) in [5.74, 6) is 0.430. The summed E-state index contributed by atoms with van der Waals surface area (Å²) in [5.41, 5.74) is 6.02. The lowest BCUT2D eigenvalue weighted by Gasteiger charge is -2.17. The molecule has 1 aromatic rings. The van der Waals surface area contributed by atoms with E-state index < -0.39 is 10.0 Å². The molecule has 0 amide bonds. The molecule has 88 valence electrons. The average Bonchev–Trinajstić information content (AvgIpc) is 2.66. The predicted octanol–water partition coefficient (Wildman–Crippen LogP) is 1.30. The van der Waals surface area contributed by atoms with Gasteiger partial charge in [-0.2, -0.15) is 4.31 Å². The fraction of sp³-hybridized carbons (Fsp3) is 0.455. The number of benzene rings is 1. The summed E-state index contributed by atoms with van der Waals surface area (Å²) < 4.78 is 26.0. The number of nitrogens with two attached hydrogens (primary N) is 1. The molecule has 16 heavy (non-hydrogen) atoms. The van der Waals surface area contributed by atoms with Gasteiger partial charge in [-0.1, -0.05) is 19.1 Å². The van der Waals surface area contributed by atoms with Gasteiger partial charge in [0.1, 0.15) is 4.90 Å². The largest absolute Gasteiger partial charge is 0.398 e. The number of rotatable bonds is 2. The van der Waals surface area contributed by atoms with E-state index in [1.165, 1.54) is 4.31 Å². The maximum Gasteiger partial charge on any atom is 0.245 e. The number of hydrogen-bond acceptors (Lipinski definition) is 3. The Kier molecular flexibility index (Phi) is 2.90. The van der Waals surface area contributed by atoms with Crippen LogP contribution in [0.15, 0.2) is 29.2 Å². The van der Waals surface area contributed by atoms with E-state index in [2.05, 4.69) is 6.92 Å². The van der Waals surface area contributed by atoms with Gasteiger partial charge in [0.25, 0.3) is 0 Å². The van der Waals surface area contributed by atoms with Crippen LogP contribution >= 0.6 is 0 Å². The maximum absolute atomic E-state index is 12.2. The third kappa shape index (κ3) is 1.92. The minimum absolute atomic E-state index is 0.226. The molecule has 2 rings (SSSR count). The van der Waals surface area contributed by atoms with Crippen LogP contribution in [0.1, 0.15) is 13.3 Å². The highest BCUT2D eigenvalue weighted by Gasteiger charge is 2.31. The molecule has 0 aliphatic carbocycles. The van der Waals surface area contributed by atoms with E-state index in [0.717, 1.165) is 6.42 Å². The van der Waals surface area contributed by atoms with Gasteiger partial charge in [-0.05, 0) is 24.5 Å². The van der Waals surface area contributed by atoms with Crippen LogP contribution in [-0.4, -0.2) is 25.8 Å². The van der Waals surface area contributed by atoms with Crippen molar-refractivity contribution in [3.63, 3.8) is 0 Å². The predicted molar refractivity (Wildman–Crippen MR) is 63.4 cm³/mol. The summed E-state index contributed by atoms with van der Waals surface area (Å²) in [5, 5.41) is 0. The van der Waals surface area contributed by atoms with Gasteiger partial charge in [0.2, 0.25) is 10.0 Å². The van der Waals surface area contributed by atoms with E-state index in [-0.39, 0.29) is 4.90 Å². The van der Waals surface area contributed by atoms with Crippen LogP contribution < -0.4 is 5.73 Å². The summed E-state index contributed by atoms with van der Waals surface area (Å²) in [6.45, 7) is 3.25. The van der Waals surface area contributed by atoms with E-state index in [0.29, 0.717) is 24.7 Å². The SMILES string of the molecule is C[C@H]1CCN(S(=O)(=O)c2ccccc2N)C1. The van der Waals surface area contributed by atoms with E-state index in [4.69, 9.17) is 5.73 Å². The maximum atomic E-state index is 12.2. The van der Waals surface area contributed by atoms with Crippen molar-refractivity contribution in [1.29, 1.82) is 0 Å². The second-order valence-corrected chi connectivity index (χ2v) is 6.20. The lowest BCUT2D eigenvalue weighted by atomic mass is 10.2. The highest BCUT2D eigenvalue weighted by Crippen LogP contribution is 2.26. The lowest BCUT2D eigenvalue weighted by molar-refractivity contribution is 0.465. The van der Waals surface area contributed by atoms with Gasteiger partial charge in [-0.3, -0.25) is 0 Å². The molecule has 0 aromatic heterocycles. The summed E-state index contributed by atoms with van der Waals surface area (Å²) in [6, 6.07) is 6.61. The Bertz CT molecular complexity index is 485. The van der Waals surface area contributed by atoms with Crippen molar-refractivity contribution in [2.24, 2.45) is 5.92 Å². The molecule has 0 radical (unpaired) electrons. The fourth-order valence-corrected chi connectivity index (χ4v) is 3.66. The third-order valence-corrected chi connectivity index (χ3v) is 4.86. The van der Waals surface area contributed by atoms with Crippen molar-refractivity contribution in [2.75, 3.05) is 18.8 Å². The number of nitrogen functional groups attached to an aromatic ring is 1. The average molecular weight is 240 g/mol. The van der Waals surface area contributed by atoms with Crippen LogP contribution in [0.3, 0.4) is 0 Å². The van der Waals surface area contributed by atoms with Gasteiger partial charge in [0.15, 0.2) is 0 Å². The highest BCUT2D eigenvalue weighted by atomic mass is 32.2. The highest BCUT2D eigenvalue weighted by molar-refractivity contribution is 7.89. The van der Waals surface area contributed by atoms with Crippen LogP contribution in [0.25, 0.3) is 0 Å². The van der Waals surface area contributed by atoms with Crippen molar-refractivity contribution >= 4 is 15.7 Å². The van der Waals surface area contributed by atoms with Crippen LogP contribution in [0.4, 0.5) is 5.69 Å². The monoisotopic (exact) mass is 240 g/mol. The Balaban J connectivity index is 2.36. The number of nitrogens with zero attached hydrogens (tertiary/aromatic N) is 1. The molecule has 1 aliphatic heterocycles. The molecule has 1 saturated heterocycles. The van der Waals surface area contributed by atoms with Gasteiger partial charge in [-0.25, -0.2) is 8.42 Å². The van der Waals surface area contributed by atoms with Crippen molar-refractivity contribution in [2.45, 2.75) is 18.2 Å². The zero-order valence-corrected chi connectivity index (χ0v) is 10.1. The number of para-hydroxylation sites is 1. The minimum atomic E-state index is -3.39. The van der Waals surface area contributed by atoms with Gasteiger partial charge in [0, 0.05) is 13.1 Å². The summed E-state index contributed by atoms with van der Waals surface area (Å²) in [6.07, 6.45) is 0.923. The first-order chi connectivity index (χ1) is 7.51. The number of sulfonamides is 1. The summed E-state index contributed by atoms with van der Waals surface area (Å²) >= 11 is 0. The molecule has 1 aromatic carbocycles. The second kappa shape index (κ2) is 4.07. The quantitative estimate of drug-likeness (QED) is 0.792. The lowest BCUT2D eigenvalue weighted by Crippen LogP contribution is -2.29. The molecule has 0 unspecified atom stereocenters. The molecular formula is C11H16N2O2S. The fourth-order valence-electron chi connectivity index (χ4n) is 1.97.